The standard InChI is InChI=1S/C8H12N4/c9-12-8(6-1-2-6)7-3-10-5-11-4-7/h3-6,8,12H,1-2,9H2. The Morgan fingerprint density at radius 3 is 2.58 bits per heavy atom. The van der Waals surface area contributed by atoms with Crippen LogP contribution in [0.25, 0.3) is 0 Å². The summed E-state index contributed by atoms with van der Waals surface area (Å²) in [5.41, 5.74) is 3.89. The molecule has 1 fully saturated rings. The Balaban J connectivity index is 2.15. The summed E-state index contributed by atoms with van der Waals surface area (Å²) in [6, 6.07) is 0.242. The van der Waals surface area contributed by atoms with Crippen molar-refractivity contribution in [2.24, 2.45) is 11.8 Å². The van der Waals surface area contributed by atoms with Crippen molar-refractivity contribution in [3.63, 3.8) is 0 Å². The molecular weight excluding hydrogens is 152 g/mol. The molecule has 64 valence electrons. The third-order valence-corrected chi connectivity index (χ3v) is 2.21. The number of nitrogens with zero attached hydrogens (tertiary/aromatic N) is 2. The second kappa shape index (κ2) is 3.16. The molecule has 1 aromatic heterocycles. The molecule has 0 amide bonds. The molecule has 1 heterocycles. The Kier molecular flexibility index (Phi) is 2.01. The van der Waals surface area contributed by atoms with E-state index in [4.69, 9.17) is 5.84 Å². The molecule has 1 aliphatic carbocycles. The van der Waals surface area contributed by atoms with Gasteiger partial charge in [-0.3, -0.25) is 11.3 Å². The van der Waals surface area contributed by atoms with Crippen molar-refractivity contribution in [1.29, 1.82) is 0 Å². The minimum absolute atomic E-state index is 0.242. The van der Waals surface area contributed by atoms with E-state index in [2.05, 4.69) is 15.4 Å². The number of aromatic nitrogens is 2. The lowest BCUT2D eigenvalue weighted by Gasteiger charge is -2.13. The SMILES string of the molecule is NNC(c1cncnc1)C1CC1. The first-order valence-electron chi connectivity index (χ1n) is 4.13. The highest BCUT2D eigenvalue weighted by molar-refractivity contribution is 5.12. The van der Waals surface area contributed by atoms with Gasteiger partial charge in [0, 0.05) is 18.0 Å². The van der Waals surface area contributed by atoms with E-state index >= 15 is 0 Å². The first kappa shape index (κ1) is 7.64. The third-order valence-electron chi connectivity index (χ3n) is 2.21. The van der Waals surface area contributed by atoms with Crippen molar-refractivity contribution < 1.29 is 0 Å². The van der Waals surface area contributed by atoms with Crippen LogP contribution in [0.3, 0.4) is 0 Å². The van der Waals surface area contributed by atoms with Gasteiger partial charge >= 0.3 is 0 Å². The van der Waals surface area contributed by atoms with Crippen molar-refractivity contribution in [2.75, 3.05) is 0 Å². The quantitative estimate of drug-likeness (QED) is 0.501. The van der Waals surface area contributed by atoms with Crippen molar-refractivity contribution in [3.8, 4) is 0 Å². The van der Waals surface area contributed by atoms with Crippen LogP contribution < -0.4 is 11.3 Å². The molecule has 1 aromatic rings. The summed E-state index contributed by atoms with van der Waals surface area (Å²) in [5, 5.41) is 0. The number of hydrogen-bond acceptors (Lipinski definition) is 4. The highest BCUT2D eigenvalue weighted by atomic mass is 15.2. The summed E-state index contributed by atoms with van der Waals surface area (Å²) in [4.78, 5) is 7.91. The minimum atomic E-state index is 0.242. The molecule has 0 spiro atoms. The molecule has 4 nitrogen and oxygen atoms in total. The number of nitrogens with one attached hydrogen (secondary N) is 1. The summed E-state index contributed by atoms with van der Waals surface area (Å²) >= 11 is 0. The largest absolute Gasteiger partial charge is 0.271 e. The predicted molar refractivity (Wildman–Crippen MR) is 44.8 cm³/mol. The van der Waals surface area contributed by atoms with Crippen molar-refractivity contribution >= 4 is 0 Å². The van der Waals surface area contributed by atoms with Gasteiger partial charge in [0.15, 0.2) is 0 Å². The van der Waals surface area contributed by atoms with Crippen molar-refractivity contribution in [1.82, 2.24) is 15.4 Å². The summed E-state index contributed by atoms with van der Waals surface area (Å²) in [6.07, 6.45) is 7.67. The smallest absolute Gasteiger partial charge is 0.115 e. The fraction of sp³-hybridized carbons (Fsp3) is 0.500. The molecule has 1 saturated carbocycles. The molecule has 0 aliphatic heterocycles. The van der Waals surface area contributed by atoms with Crippen LogP contribution in [-0.2, 0) is 0 Å². The normalized spacial score (nSPS) is 19.1. The topological polar surface area (TPSA) is 63.8 Å². The molecule has 2 rings (SSSR count). The number of rotatable bonds is 3. The average molecular weight is 164 g/mol. The molecule has 3 N–H and O–H groups in total. The van der Waals surface area contributed by atoms with Crippen LogP contribution in [-0.4, -0.2) is 9.97 Å². The van der Waals surface area contributed by atoms with Gasteiger partial charge in [0.2, 0.25) is 0 Å². The van der Waals surface area contributed by atoms with Gasteiger partial charge in [0.1, 0.15) is 6.33 Å². The highest BCUT2D eigenvalue weighted by Gasteiger charge is 2.31. The van der Waals surface area contributed by atoms with Gasteiger partial charge in [-0.2, -0.15) is 0 Å². The maximum Gasteiger partial charge on any atom is 0.115 e. The molecule has 1 aliphatic rings. The van der Waals surface area contributed by atoms with E-state index in [1.165, 1.54) is 19.2 Å². The number of nitrogens with two attached hydrogens (primary N) is 1. The van der Waals surface area contributed by atoms with Crippen LogP contribution in [0.15, 0.2) is 18.7 Å². The second-order valence-corrected chi connectivity index (χ2v) is 3.15. The van der Waals surface area contributed by atoms with Gasteiger partial charge in [0.05, 0.1) is 6.04 Å². The molecule has 0 saturated heterocycles. The van der Waals surface area contributed by atoms with E-state index in [1.807, 2.05) is 12.4 Å². The Bertz CT molecular complexity index is 244. The zero-order valence-electron chi connectivity index (χ0n) is 6.77. The maximum absolute atomic E-state index is 5.44. The fourth-order valence-corrected chi connectivity index (χ4v) is 1.41. The summed E-state index contributed by atoms with van der Waals surface area (Å²) in [5.74, 6) is 6.12. The van der Waals surface area contributed by atoms with Crippen LogP contribution in [0.1, 0.15) is 24.4 Å². The fourth-order valence-electron chi connectivity index (χ4n) is 1.41. The zero-order valence-corrected chi connectivity index (χ0v) is 6.77. The molecule has 0 bridgehead atoms. The summed E-state index contributed by atoms with van der Waals surface area (Å²) < 4.78 is 0. The molecule has 0 radical (unpaired) electrons. The molecular formula is C8H12N4. The zero-order chi connectivity index (χ0) is 8.39. The van der Waals surface area contributed by atoms with Gasteiger partial charge in [-0.15, -0.1) is 0 Å². The van der Waals surface area contributed by atoms with E-state index in [-0.39, 0.29) is 6.04 Å². The van der Waals surface area contributed by atoms with E-state index in [0.29, 0.717) is 5.92 Å². The Labute approximate surface area is 71.2 Å². The average Bonchev–Trinajstić information content (AvgIpc) is 2.92. The van der Waals surface area contributed by atoms with Gasteiger partial charge < -0.3 is 0 Å². The molecule has 0 aromatic carbocycles. The van der Waals surface area contributed by atoms with Gasteiger partial charge in [-0.05, 0) is 18.8 Å². The van der Waals surface area contributed by atoms with Crippen LogP contribution in [0.2, 0.25) is 0 Å². The minimum Gasteiger partial charge on any atom is -0.271 e. The first-order chi connectivity index (χ1) is 5.92. The number of hydrogen-bond donors (Lipinski definition) is 2. The Morgan fingerprint density at radius 1 is 1.42 bits per heavy atom. The molecule has 1 atom stereocenters. The van der Waals surface area contributed by atoms with Gasteiger partial charge in [-0.1, -0.05) is 0 Å². The van der Waals surface area contributed by atoms with Crippen LogP contribution in [0.4, 0.5) is 0 Å². The van der Waals surface area contributed by atoms with E-state index in [0.717, 1.165) is 5.56 Å². The maximum atomic E-state index is 5.44. The first-order valence-corrected chi connectivity index (χ1v) is 4.13. The molecule has 4 heteroatoms. The molecule has 12 heavy (non-hydrogen) atoms. The lowest BCUT2D eigenvalue weighted by atomic mass is 10.1. The van der Waals surface area contributed by atoms with Gasteiger partial charge in [-0.25, -0.2) is 9.97 Å². The molecule has 1 unspecified atom stereocenters. The second-order valence-electron chi connectivity index (χ2n) is 3.15. The van der Waals surface area contributed by atoms with Crippen molar-refractivity contribution in [2.45, 2.75) is 18.9 Å². The Hall–Kier alpha value is -1.00. The lowest BCUT2D eigenvalue weighted by molar-refractivity contribution is 0.493. The van der Waals surface area contributed by atoms with Crippen LogP contribution in [0.5, 0.6) is 0 Å². The Morgan fingerprint density at radius 2 is 2.08 bits per heavy atom. The summed E-state index contributed by atoms with van der Waals surface area (Å²) in [6.45, 7) is 0. The number of hydrazine groups is 1. The monoisotopic (exact) mass is 164 g/mol. The van der Waals surface area contributed by atoms with Gasteiger partial charge in [0.25, 0.3) is 0 Å². The van der Waals surface area contributed by atoms with E-state index in [9.17, 15) is 0 Å². The van der Waals surface area contributed by atoms with E-state index in [1.54, 1.807) is 0 Å². The predicted octanol–water partition coefficient (Wildman–Crippen LogP) is 0.391. The van der Waals surface area contributed by atoms with E-state index < -0.39 is 0 Å². The van der Waals surface area contributed by atoms with Crippen LogP contribution >= 0.6 is 0 Å². The van der Waals surface area contributed by atoms with Crippen molar-refractivity contribution in [3.05, 3.63) is 24.3 Å². The third kappa shape index (κ3) is 1.44. The lowest BCUT2D eigenvalue weighted by Crippen LogP contribution is -2.29. The summed E-state index contributed by atoms with van der Waals surface area (Å²) in [7, 11) is 0. The van der Waals surface area contributed by atoms with Crippen LogP contribution in [0, 0.1) is 5.92 Å². The highest BCUT2D eigenvalue weighted by Crippen LogP contribution is 2.39.